The Labute approximate surface area is 101 Å². The van der Waals surface area contributed by atoms with Crippen LogP contribution in [0.3, 0.4) is 0 Å². The summed E-state index contributed by atoms with van der Waals surface area (Å²) in [5.74, 6) is 0.782. The summed E-state index contributed by atoms with van der Waals surface area (Å²) in [6, 6.07) is 8.43. The average molecular weight is 228 g/mol. The molecular weight excluding hydrogens is 212 g/mol. The number of benzene rings is 1. The second-order valence-electron chi connectivity index (χ2n) is 4.66. The van der Waals surface area contributed by atoms with Gasteiger partial charge in [-0.1, -0.05) is 18.2 Å². The molecule has 88 valence electrons. The Morgan fingerprint density at radius 1 is 1.41 bits per heavy atom. The molecule has 0 aliphatic carbocycles. The van der Waals surface area contributed by atoms with Crippen molar-refractivity contribution >= 4 is 10.9 Å². The molecule has 0 saturated heterocycles. The van der Waals surface area contributed by atoms with Gasteiger partial charge >= 0.3 is 0 Å². The quantitative estimate of drug-likeness (QED) is 0.752. The van der Waals surface area contributed by atoms with Crippen LogP contribution < -0.4 is 10.1 Å². The van der Waals surface area contributed by atoms with Crippen molar-refractivity contribution < 1.29 is 4.74 Å². The van der Waals surface area contributed by atoms with Gasteiger partial charge in [-0.2, -0.15) is 0 Å². The zero-order valence-corrected chi connectivity index (χ0v) is 10.2. The maximum absolute atomic E-state index is 5.85. The molecule has 1 aliphatic rings. The number of fused-ring (bicyclic) bond motifs is 2. The van der Waals surface area contributed by atoms with Gasteiger partial charge < -0.3 is 10.1 Å². The summed E-state index contributed by atoms with van der Waals surface area (Å²) < 4.78 is 5.85. The molecule has 1 N–H and O–H groups in total. The van der Waals surface area contributed by atoms with Gasteiger partial charge in [0.1, 0.15) is 6.10 Å². The number of para-hydroxylation sites is 1. The van der Waals surface area contributed by atoms with E-state index in [2.05, 4.69) is 48.4 Å². The summed E-state index contributed by atoms with van der Waals surface area (Å²) in [5, 5.41) is 4.55. The highest BCUT2D eigenvalue weighted by molar-refractivity contribution is 5.83. The number of hydrogen-bond acceptors (Lipinski definition) is 3. The number of rotatable bonds is 0. The normalized spacial score (nSPS) is 19.5. The molecule has 0 fully saturated rings. The van der Waals surface area contributed by atoms with Crippen molar-refractivity contribution in [1.82, 2.24) is 10.3 Å². The van der Waals surface area contributed by atoms with Crippen molar-refractivity contribution in [2.75, 3.05) is 6.54 Å². The smallest absolute Gasteiger partial charge is 0.218 e. The van der Waals surface area contributed by atoms with Gasteiger partial charge in [-0.3, -0.25) is 0 Å². The van der Waals surface area contributed by atoms with Crippen molar-refractivity contribution in [3.05, 3.63) is 35.4 Å². The Morgan fingerprint density at radius 3 is 3.18 bits per heavy atom. The third kappa shape index (κ3) is 1.87. The maximum atomic E-state index is 5.85. The van der Waals surface area contributed by atoms with E-state index in [0.29, 0.717) is 0 Å². The molecule has 1 aliphatic heterocycles. The summed E-state index contributed by atoms with van der Waals surface area (Å²) in [5.41, 5.74) is 3.38. The van der Waals surface area contributed by atoms with Crippen LogP contribution in [-0.4, -0.2) is 17.6 Å². The van der Waals surface area contributed by atoms with Gasteiger partial charge in [0.25, 0.3) is 0 Å². The number of nitrogens with zero attached hydrogens (tertiary/aromatic N) is 1. The Bertz CT molecular complexity index is 565. The summed E-state index contributed by atoms with van der Waals surface area (Å²) in [6.45, 7) is 5.84. The van der Waals surface area contributed by atoms with E-state index in [1.165, 1.54) is 10.9 Å². The van der Waals surface area contributed by atoms with Crippen molar-refractivity contribution in [2.24, 2.45) is 0 Å². The molecule has 0 saturated carbocycles. The van der Waals surface area contributed by atoms with Crippen LogP contribution >= 0.6 is 0 Å². The minimum atomic E-state index is 0.171. The lowest BCUT2D eigenvalue weighted by Gasteiger charge is -2.12. The van der Waals surface area contributed by atoms with E-state index in [-0.39, 0.29) is 6.10 Å². The van der Waals surface area contributed by atoms with Crippen LogP contribution in [0.1, 0.15) is 18.1 Å². The Balaban J connectivity index is 2.20. The van der Waals surface area contributed by atoms with Gasteiger partial charge in [0, 0.05) is 24.0 Å². The second kappa shape index (κ2) is 4.00. The first-order valence-electron chi connectivity index (χ1n) is 6.00. The van der Waals surface area contributed by atoms with Crippen LogP contribution in [0.15, 0.2) is 24.3 Å². The predicted octanol–water partition coefficient (Wildman–Crippen LogP) is 2.41. The average Bonchev–Trinajstić information content (AvgIpc) is 2.48. The molecule has 0 bridgehead atoms. The number of aromatic nitrogens is 1. The van der Waals surface area contributed by atoms with Crippen molar-refractivity contribution in [3.8, 4) is 5.88 Å². The molecule has 3 heteroatoms. The van der Waals surface area contributed by atoms with Crippen molar-refractivity contribution in [3.63, 3.8) is 0 Å². The van der Waals surface area contributed by atoms with Gasteiger partial charge in [0.2, 0.25) is 5.88 Å². The lowest BCUT2D eigenvalue weighted by Crippen LogP contribution is -2.25. The first-order chi connectivity index (χ1) is 8.24. The van der Waals surface area contributed by atoms with Crippen LogP contribution in [0.4, 0.5) is 0 Å². The zero-order valence-electron chi connectivity index (χ0n) is 10.2. The summed E-state index contributed by atoms with van der Waals surface area (Å²) in [6.07, 6.45) is 0.171. The number of nitrogens with one attached hydrogen (secondary N) is 1. The fourth-order valence-electron chi connectivity index (χ4n) is 2.24. The summed E-state index contributed by atoms with van der Waals surface area (Å²) >= 11 is 0. The van der Waals surface area contributed by atoms with Crippen LogP contribution in [-0.2, 0) is 6.54 Å². The summed E-state index contributed by atoms with van der Waals surface area (Å²) in [4.78, 5) is 4.66. The zero-order chi connectivity index (χ0) is 11.8. The van der Waals surface area contributed by atoms with Crippen molar-refractivity contribution in [2.45, 2.75) is 26.5 Å². The van der Waals surface area contributed by atoms with E-state index in [0.717, 1.165) is 30.0 Å². The van der Waals surface area contributed by atoms with Crippen molar-refractivity contribution in [1.29, 1.82) is 0 Å². The molecule has 2 aromatic rings. The Hall–Kier alpha value is -1.61. The summed E-state index contributed by atoms with van der Waals surface area (Å²) in [7, 11) is 0. The molecule has 2 heterocycles. The largest absolute Gasteiger partial charge is 0.473 e. The van der Waals surface area contributed by atoms with Crippen LogP contribution in [0.2, 0.25) is 0 Å². The SMILES string of the molecule is Cc1cccc2cc3c(nc12)O[C@@H](C)CNC3. The molecule has 0 amide bonds. The highest BCUT2D eigenvalue weighted by atomic mass is 16.5. The van der Waals surface area contributed by atoms with E-state index in [4.69, 9.17) is 4.74 Å². The lowest BCUT2D eigenvalue weighted by molar-refractivity contribution is 0.218. The molecule has 3 nitrogen and oxygen atoms in total. The fraction of sp³-hybridized carbons (Fsp3) is 0.357. The first-order valence-corrected chi connectivity index (χ1v) is 6.00. The highest BCUT2D eigenvalue weighted by Crippen LogP contribution is 2.26. The number of aryl methyl sites for hydroxylation is 1. The minimum absolute atomic E-state index is 0.171. The predicted molar refractivity (Wildman–Crippen MR) is 68.3 cm³/mol. The van der Waals surface area contributed by atoms with Gasteiger partial charge in [-0.05, 0) is 25.5 Å². The standard InChI is InChI=1S/C14H16N2O/c1-9-4-3-5-11-6-12-8-15-7-10(2)17-14(12)16-13(9)11/h3-6,10,15H,7-8H2,1-2H3/t10-/m0/s1. The van der Waals surface area contributed by atoms with Crippen LogP contribution in [0.25, 0.3) is 10.9 Å². The molecule has 0 radical (unpaired) electrons. The van der Waals surface area contributed by atoms with Gasteiger partial charge in [0.05, 0.1) is 5.52 Å². The number of hydrogen-bond donors (Lipinski definition) is 1. The van der Waals surface area contributed by atoms with Crippen LogP contribution in [0, 0.1) is 6.92 Å². The molecule has 1 atom stereocenters. The fourth-order valence-corrected chi connectivity index (χ4v) is 2.24. The molecule has 17 heavy (non-hydrogen) atoms. The third-order valence-electron chi connectivity index (χ3n) is 3.15. The van der Waals surface area contributed by atoms with E-state index < -0.39 is 0 Å². The Kier molecular flexibility index (Phi) is 2.48. The highest BCUT2D eigenvalue weighted by Gasteiger charge is 2.16. The topological polar surface area (TPSA) is 34.1 Å². The monoisotopic (exact) mass is 228 g/mol. The molecule has 0 unspecified atom stereocenters. The van der Waals surface area contributed by atoms with Gasteiger partial charge in [0.15, 0.2) is 0 Å². The maximum Gasteiger partial charge on any atom is 0.218 e. The third-order valence-corrected chi connectivity index (χ3v) is 3.15. The first kappa shape index (κ1) is 10.5. The molecule has 1 aromatic carbocycles. The number of pyridine rings is 1. The Morgan fingerprint density at radius 2 is 2.29 bits per heavy atom. The number of ether oxygens (including phenoxy) is 1. The minimum Gasteiger partial charge on any atom is -0.473 e. The van der Waals surface area contributed by atoms with Crippen LogP contribution in [0.5, 0.6) is 5.88 Å². The lowest BCUT2D eigenvalue weighted by atomic mass is 10.1. The van der Waals surface area contributed by atoms with E-state index in [1.54, 1.807) is 0 Å². The molecular formula is C14H16N2O. The molecule has 3 rings (SSSR count). The van der Waals surface area contributed by atoms with E-state index in [9.17, 15) is 0 Å². The molecule has 0 spiro atoms. The second-order valence-corrected chi connectivity index (χ2v) is 4.66. The van der Waals surface area contributed by atoms with E-state index >= 15 is 0 Å². The van der Waals surface area contributed by atoms with Gasteiger partial charge in [-0.15, -0.1) is 0 Å². The van der Waals surface area contributed by atoms with E-state index in [1.807, 2.05) is 0 Å². The van der Waals surface area contributed by atoms with Gasteiger partial charge in [-0.25, -0.2) is 4.98 Å². The molecule has 1 aromatic heterocycles.